The Hall–Kier alpha value is -2.34. The predicted molar refractivity (Wildman–Crippen MR) is 76.3 cm³/mol. The van der Waals surface area contributed by atoms with Crippen LogP contribution in [-0.2, 0) is 4.74 Å². The number of rotatable bonds is 5. The summed E-state index contributed by atoms with van der Waals surface area (Å²) >= 11 is 1.31. The van der Waals surface area contributed by atoms with Gasteiger partial charge < -0.3 is 15.2 Å². The van der Waals surface area contributed by atoms with Gasteiger partial charge in [-0.15, -0.1) is 11.3 Å². The molecule has 1 heterocycles. The zero-order chi connectivity index (χ0) is 14.5. The van der Waals surface area contributed by atoms with E-state index in [1.165, 1.54) is 30.6 Å². The van der Waals surface area contributed by atoms with E-state index in [1.54, 1.807) is 23.6 Å². The summed E-state index contributed by atoms with van der Waals surface area (Å²) in [5.74, 6) is -0.338. The number of carbonyl (C=O) groups excluding carboxylic acids is 2. The molecule has 0 saturated carbocycles. The van der Waals surface area contributed by atoms with Gasteiger partial charge in [-0.25, -0.2) is 4.79 Å². The lowest BCUT2D eigenvalue weighted by Gasteiger charge is -2.07. The van der Waals surface area contributed by atoms with Gasteiger partial charge in [0.2, 0.25) is 5.78 Å². The molecule has 104 valence electrons. The van der Waals surface area contributed by atoms with Crippen LogP contribution in [0.1, 0.15) is 20.0 Å². The molecule has 0 aliphatic rings. The van der Waals surface area contributed by atoms with Gasteiger partial charge in [0.25, 0.3) is 0 Å². The fourth-order valence-electron chi connectivity index (χ4n) is 1.58. The number of carbonyl (C=O) groups is 2. The summed E-state index contributed by atoms with van der Waals surface area (Å²) < 4.78 is 9.96. The Bertz CT molecular complexity index is 622. The molecule has 0 spiro atoms. The number of thiophene rings is 1. The minimum absolute atomic E-state index is 0.227. The van der Waals surface area contributed by atoms with Crippen LogP contribution in [0.3, 0.4) is 0 Å². The zero-order valence-electron chi connectivity index (χ0n) is 10.8. The molecule has 1 aromatic heterocycles. The van der Waals surface area contributed by atoms with Gasteiger partial charge >= 0.3 is 5.97 Å². The summed E-state index contributed by atoms with van der Waals surface area (Å²) in [6, 6.07) is 8.02. The van der Waals surface area contributed by atoms with E-state index >= 15 is 0 Å². The molecular weight excluding hydrogens is 278 g/mol. The first-order valence-electron chi connectivity index (χ1n) is 5.79. The molecule has 0 fully saturated rings. The molecule has 0 amide bonds. The maximum Gasteiger partial charge on any atom is 0.338 e. The van der Waals surface area contributed by atoms with Gasteiger partial charge in [0, 0.05) is 0 Å². The van der Waals surface area contributed by atoms with Crippen molar-refractivity contribution in [1.82, 2.24) is 0 Å². The Labute approximate surface area is 119 Å². The van der Waals surface area contributed by atoms with E-state index in [1.807, 2.05) is 0 Å². The van der Waals surface area contributed by atoms with Gasteiger partial charge in [-0.1, -0.05) is 6.07 Å². The average Bonchev–Trinajstić information content (AvgIpc) is 2.98. The van der Waals surface area contributed by atoms with Crippen LogP contribution in [0.15, 0.2) is 35.7 Å². The third-order valence-corrected chi connectivity index (χ3v) is 3.51. The van der Waals surface area contributed by atoms with E-state index in [0.717, 1.165) is 0 Å². The maximum atomic E-state index is 11.8. The van der Waals surface area contributed by atoms with Crippen molar-refractivity contribution in [2.45, 2.75) is 0 Å². The fourth-order valence-corrected chi connectivity index (χ4v) is 2.24. The quantitative estimate of drug-likeness (QED) is 0.520. The van der Waals surface area contributed by atoms with E-state index < -0.39 is 5.97 Å². The summed E-state index contributed by atoms with van der Waals surface area (Å²) in [7, 11) is 1.49. The summed E-state index contributed by atoms with van der Waals surface area (Å²) in [5, 5.41) is 1.79. The SMILES string of the molecule is COc1ccc(C(=O)OCC(=O)c2cccs2)cc1N. The van der Waals surface area contributed by atoms with Gasteiger partial charge in [-0.3, -0.25) is 4.79 Å². The van der Waals surface area contributed by atoms with Crippen LogP contribution in [0, 0.1) is 0 Å². The van der Waals surface area contributed by atoms with E-state index in [4.69, 9.17) is 15.2 Å². The lowest BCUT2D eigenvalue weighted by atomic mass is 10.2. The van der Waals surface area contributed by atoms with E-state index in [-0.39, 0.29) is 18.0 Å². The van der Waals surface area contributed by atoms with Crippen molar-refractivity contribution in [2.75, 3.05) is 19.5 Å². The lowest BCUT2D eigenvalue weighted by Crippen LogP contribution is -2.13. The number of nitrogen functional groups attached to an aromatic ring is 1. The lowest BCUT2D eigenvalue weighted by molar-refractivity contribution is 0.0476. The fraction of sp³-hybridized carbons (Fsp3) is 0.143. The molecule has 0 saturated heterocycles. The van der Waals surface area contributed by atoms with Crippen molar-refractivity contribution < 1.29 is 19.1 Å². The highest BCUT2D eigenvalue weighted by Crippen LogP contribution is 2.22. The largest absolute Gasteiger partial charge is 0.495 e. The third kappa shape index (κ3) is 3.16. The maximum absolute atomic E-state index is 11.8. The van der Waals surface area contributed by atoms with Gasteiger partial charge in [0.1, 0.15) is 5.75 Å². The van der Waals surface area contributed by atoms with Crippen molar-refractivity contribution in [3.63, 3.8) is 0 Å². The summed E-state index contributed by atoms with van der Waals surface area (Å²) in [6.45, 7) is -0.286. The number of nitrogens with two attached hydrogens (primary N) is 1. The highest BCUT2D eigenvalue weighted by Gasteiger charge is 2.13. The molecule has 5 nitrogen and oxygen atoms in total. The number of benzene rings is 1. The van der Waals surface area contributed by atoms with Crippen molar-refractivity contribution in [3.8, 4) is 5.75 Å². The molecule has 6 heteroatoms. The standard InChI is InChI=1S/C14H13NO4S/c1-18-12-5-4-9(7-10(12)15)14(17)19-8-11(16)13-3-2-6-20-13/h2-7H,8,15H2,1H3. The topological polar surface area (TPSA) is 78.6 Å². The van der Waals surface area contributed by atoms with Crippen molar-refractivity contribution in [3.05, 3.63) is 46.2 Å². The van der Waals surface area contributed by atoms with Gasteiger partial charge in [0.05, 0.1) is 23.2 Å². The average molecular weight is 291 g/mol. The number of methoxy groups -OCH3 is 1. The highest BCUT2D eigenvalue weighted by atomic mass is 32.1. The molecule has 0 aliphatic carbocycles. The molecule has 0 bridgehead atoms. The Kier molecular flexibility index (Phi) is 4.37. The minimum atomic E-state index is -0.593. The van der Waals surface area contributed by atoms with Gasteiger partial charge in [-0.2, -0.15) is 0 Å². The van der Waals surface area contributed by atoms with Crippen LogP contribution in [0.5, 0.6) is 5.75 Å². The third-order valence-electron chi connectivity index (χ3n) is 2.60. The van der Waals surface area contributed by atoms with Crippen LogP contribution in [0.4, 0.5) is 5.69 Å². The molecule has 1 aromatic carbocycles. The van der Waals surface area contributed by atoms with E-state index in [2.05, 4.69) is 0 Å². The van der Waals surface area contributed by atoms with Gasteiger partial charge in [0.15, 0.2) is 6.61 Å². The first-order valence-corrected chi connectivity index (χ1v) is 6.67. The number of ether oxygens (including phenoxy) is 2. The van der Waals surface area contributed by atoms with Crippen LogP contribution in [-0.4, -0.2) is 25.5 Å². The molecule has 0 aliphatic heterocycles. The Morgan fingerprint density at radius 1 is 1.30 bits per heavy atom. The first-order chi connectivity index (χ1) is 9.61. The molecule has 2 aromatic rings. The Morgan fingerprint density at radius 2 is 2.10 bits per heavy atom. The van der Waals surface area contributed by atoms with Crippen molar-refractivity contribution >= 4 is 28.8 Å². The molecule has 0 radical (unpaired) electrons. The number of esters is 1. The highest BCUT2D eigenvalue weighted by molar-refractivity contribution is 7.12. The smallest absolute Gasteiger partial charge is 0.338 e. The second kappa shape index (κ2) is 6.21. The molecule has 2 rings (SSSR count). The summed E-state index contributed by atoms with van der Waals surface area (Å²) in [4.78, 5) is 24.1. The van der Waals surface area contributed by atoms with E-state index in [0.29, 0.717) is 16.3 Å². The van der Waals surface area contributed by atoms with Crippen LogP contribution in [0.2, 0.25) is 0 Å². The second-order valence-corrected chi connectivity index (χ2v) is 4.88. The summed E-state index contributed by atoms with van der Waals surface area (Å²) in [6.07, 6.45) is 0. The molecule has 20 heavy (non-hydrogen) atoms. The predicted octanol–water partition coefficient (Wildman–Crippen LogP) is 2.38. The second-order valence-electron chi connectivity index (χ2n) is 3.93. The Balaban J connectivity index is 1.98. The molecule has 0 unspecified atom stereocenters. The van der Waals surface area contributed by atoms with Crippen LogP contribution in [0.25, 0.3) is 0 Å². The molecule has 2 N–H and O–H groups in total. The minimum Gasteiger partial charge on any atom is -0.495 e. The molecule has 0 atom stereocenters. The Morgan fingerprint density at radius 3 is 2.70 bits per heavy atom. The normalized spacial score (nSPS) is 10.1. The monoisotopic (exact) mass is 291 g/mol. The van der Waals surface area contributed by atoms with Crippen LogP contribution < -0.4 is 10.5 Å². The number of hydrogen-bond acceptors (Lipinski definition) is 6. The summed E-state index contributed by atoms with van der Waals surface area (Å²) in [5.41, 5.74) is 6.32. The van der Waals surface area contributed by atoms with Crippen LogP contribution >= 0.6 is 11.3 Å². The van der Waals surface area contributed by atoms with Crippen molar-refractivity contribution in [2.24, 2.45) is 0 Å². The zero-order valence-corrected chi connectivity index (χ0v) is 11.6. The number of ketones is 1. The van der Waals surface area contributed by atoms with E-state index in [9.17, 15) is 9.59 Å². The van der Waals surface area contributed by atoms with Gasteiger partial charge in [-0.05, 0) is 29.6 Å². The first kappa shape index (κ1) is 14.1. The van der Waals surface area contributed by atoms with Crippen molar-refractivity contribution in [1.29, 1.82) is 0 Å². The number of hydrogen-bond donors (Lipinski definition) is 1. The number of Topliss-reactive ketones (excluding diaryl/α,β-unsaturated/α-hetero) is 1. The number of anilines is 1. The molecular formula is C14H13NO4S.